The number of ether oxygens (including phenoxy) is 2. The van der Waals surface area contributed by atoms with Crippen LogP contribution in [-0.4, -0.2) is 53.1 Å². The minimum absolute atomic E-state index is 0.0600. The topological polar surface area (TPSA) is 93.1 Å². The largest absolute Gasteiger partial charge is 0.482 e. The molecule has 3 atom stereocenters. The number of ketones is 1. The summed E-state index contributed by atoms with van der Waals surface area (Å²) in [6.45, 7) is 5.79. The van der Waals surface area contributed by atoms with Gasteiger partial charge < -0.3 is 14.6 Å². The molecule has 2 rings (SSSR count). The van der Waals surface area contributed by atoms with Gasteiger partial charge in [0.15, 0.2) is 11.9 Å². The lowest BCUT2D eigenvalue weighted by Gasteiger charge is -2.30. The molecule has 1 saturated heterocycles. The molecule has 0 spiro atoms. The van der Waals surface area contributed by atoms with Gasteiger partial charge in [0, 0.05) is 6.61 Å². The van der Waals surface area contributed by atoms with Crippen LogP contribution >= 0.6 is 0 Å². The molecule has 150 valence electrons. The van der Waals surface area contributed by atoms with Crippen LogP contribution in [0.1, 0.15) is 46.5 Å². The Hall–Kier alpha value is -2.15. The van der Waals surface area contributed by atoms with E-state index in [-0.39, 0.29) is 31.0 Å². The zero-order valence-corrected chi connectivity index (χ0v) is 16.2. The first-order chi connectivity index (χ1) is 12.9. The Kier molecular flexibility index (Phi) is 7.59. The van der Waals surface area contributed by atoms with Crippen LogP contribution in [0.4, 0.5) is 4.79 Å². The lowest BCUT2D eigenvalue weighted by molar-refractivity contribution is -0.143. The van der Waals surface area contributed by atoms with Gasteiger partial charge in [0.25, 0.3) is 0 Å². The lowest BCUT2D eigenvalue weighted by atomic mass is 9.95. The Morgan fingerprint density at radius 2 is 2.00 bits per heavy atom. The Labute approximate surface area is 160 Å². The standard InChI is InChI=1S/C20H29NO6/c1-13(2)16-12-26-20(25)21(16)19(24)14(3)18-17(23)10-9-15(27-18)8-6-4-5-7-11-22/h8-10,13-14,16,18,22H,4-7,11-12H2,1-3H3. The van der Waals surface area contributed by atoms with Crippen LogP contribution in [0.5, 0.6) is 0 Å². The number of unbranched alkanes of at least 4 members (excludes halogenated alkanes) is 3. The second-order valence-electron chi connectivity index (χ2n) is 7.34. The van der Waals surface area contributed by atoms with Crippen LogP contribution in [0.2, 0.25) is 0 Å². The highest BCUT2D eigenvalue weighted by Crippen LogP contribution is 2.26. The number of aliphatic hydroxyl groups excluding tert-OH is 1. The number of rotatable bonds is 8. The molecule has 1 N–H and O–H groups in total. The molecule has 0 aromatic heterocycles. The maximum atomic E-state index is 12.9. The average molecular weight is 379 g/mol. The Morgan fingerprint density at radius 1 is 1.26 bits per heavy atom. The van der Waals surface area contributed by atoms with E-state index in [4.69, 9.17) is 14.6 Å². The monoisotopic (exact) mass is 379 g/mol. The Bertz CT molecular complexity index is 624. The zero-order chi connectivity index (χ0) is 20.0. The van der Waals surface area contributed by atoms with Gasteiger partial charge in [-0.1, -0.05) is 20.3 Å². The van der Waals surface area contributed by atoms with E-state index in [2.05, 4.69) is 0 Å². The van der Waals surface area contributed by atoms with Crippen molar-refractivity contribution in [3.63, 3.8) is 0 Å². The molecule has 2 amide bonds. The van der Waals surface area contributed by atoms with Crippen molar-refractivity contribution < 1.29 is 29.0 Å². The number of hydrogen-bond acceptors (Lipinski definition) is 6. The average Bonchev–Trinajstić information content (AvgIpc) is 3.03. The van der Waals surface area contributed by atoms with Gasteiger partial charge in [-0.15, -0.1) is 0 Å². The third kappa shape index (κ3) is 5.19. The number of amides is 2. The van der Waals surface area contributed by atoms with Gasteiger partial charge in [-0.2, -0.15) is 0 Å². The third-order valence-corrected chi connectivity index (χ3v) is 4.92. The molecular weight excluding hydrogens is 350 g/mol. The number of carbonyl (C=O) groups excluding carboxylic acids is 3. The molecule has 3 unspecified atom stereocenters. The molecule has 7 heteroatoms. The molecule has 2 heterocycles. The quantitative estimate of drug-likeness (QED) is 0.652. The summed E-state index contributed by atoms with van der Waals surface area (Å²) < 4.78 is 10.8. The van der Waals surface area contributed by atoms with Gasteiger partial charge in [-0.25, -0.2) is 9.69 Å². The smallest absolute Gasteiger partial charge is 0.416 e. The minimum atomic E-state index is -0.951. The van der Waals surface area contributed by atoms with Crippen molar-refractivity contribution in [1.29, 1.82) is 0 Å². The van der Waals surface area contributed by atoms with E-state index in [0.717, 1.165) is 30.6 Å². The highest BCUT2D eigenvalue weighted by Gasteiger charge is 2.44. The number of imide groups is 1. The molecule has 0 radical (unpaired) electrons. The molecule has 2 aliphatic rings. The lowest BCUT2D eigenvalue weighted by Crippen LogP contribution is -2.48. The number of allylic oxidation sites excluding steroid dienone is 2. The highest BCUT2D eigenvalue weighted by atomic mass is 16.6. The van der Waals surface area contributed by atoms with Crippen LogP contribution in [-0.2, 0) is 19.1 Å². The van der Waals surface area contributed by atoms with Gasteiger partial charge in [0.2, 0.25) is 5.91 Å². The van der Waals surface area contributed by atoms with Crippen LogP contribution < -0.4 is 0 Å². The van der Waals surface area contributed by atoms with Crippen molar-refractivity contribution in [2.75, 3.05) is 13.2 Å². The first-order valence-corrected chi connectivity index (χ1v) is 9.56. The van der Waals surface area contributed by atoms with Crippen LogP contribution in [0, 0.1) is 11.8 Å². The maximum absolute atomic E-state index is 12.9. The minimum Gasteiger partial charge on any atom is -0.482 e. The summed E-state index contributed by atoms with van der Waals surface area (Å²) in [5.41, 5.74) is 0. The number of nitrogens with zero attached hydrogens (tertiary/aromatic N) is 1. The molecular formula is C20H29NO6. The predicted octanol–water partition coefficient (Wildman–Crippen LogP) is 2.59. The van der Waals surface area contributed by atoms with E-state index in [9.17, 15) is 14.4 Å². The van der Waals surface area contributed by atoms with E-state index >= 15 is 0 Å². The number of cyclic esters (lactones) is 1. The summed E-state index contributed by atoms with van der Waals surface area (Å²) in [5.74, 6) is -0.932. The molecule has 27 heavy (non-hydrogen) atoms. The molecule has 2 aliphatic heterocycles. The van der Waals surface area contributed by atoms with E-state index < -0.39 is 24.0 Å². The molecule has 0 saturated carbocycles. The van der Waals surface area contributed by atoms with Crippen molar-refractivity contribution in [1.82, 2.24) is 4.90 Å². The van der Waals surface area contributed by atoms with Gasteiger partial charge in [0.05, 0.1) is 12.0 Å². The molecule has 7 nitrogen and oxygen atoms in total. The van der Waals surface area contributed by atoms with Crippen molar-refractivity contribution in [3.05, 3.63) is 24.0 Å². The fourth-order valence-electron chi connectivity index (χ4n) is 3.17. The van der Waals surface area contributed by atoms with E-state index in [1.807, 2.05) is 19.9 Å². The highest BCUT2D eigenvalue weighted by molar-refractivity contribution is 6.01. The predicted molar refractivity (Wildman–Crippen MR) is 98.6 cm³/mol. The summed E-state index contributed by atoms with van der Waals surface area (Å²) in [6, 6.07) is -0.330. The van der Waals surface area contributed by atoms with Crippen molar-refractivity contribution >= 4 is 17.8 Å². The molecule has 0 aliphatic carbocycles. The summed E-state index contributed by atoms with van der Waals surface area (Å²) in [6.07, 6.45) is 6.62. The van der Waals surface area contributed by atoms with Gasteiger partial charge in [-0.3, -0.25) is 9.59 Å². The molecule has 0 aromatic carbocycles. The van der Waals surface area contributed by atoms with E-state index in [1.54, 1.807) is 13.0 Å². The SMILES string of the molecule is CC(C)C1COC(=O)N1C(=O)C(C)C1OC(=CCCCCCO)C=CC1=O. The number of aliphatic hydroxyl groups is 1. The fraction of sp³-hybridized carbons (Fsp3) is 0.650. The number of hydrogen-bond donors (Lipinski definition) is 1. The van der Waals surface area contributed by atoms with E-state index in [0.29, 0.717) is 5.76 Å². The molecule has 1 fully saturated rings. The Balaban J connectivity index is 2.04. The zero-order valence-electron chi connectivity index (χ0n) is 16.2. The van der Waals surface area contributed by atoms with E-state index in [1.165, 1.54) is 6.08 Å². The van der Waals surface area contributed by atoms with Gasteiger partial charge in [-0.05, 0) is 50.3 Å². The van der Waals surface area contributed by atoms with Crippen molar-refractivity contribution in [2.24, 2.45) is 11.8 Å². The molecule has 0 aromatic rings. The van der Waals surface area contributed by atoms with Gasteiger partial charge >= 0.3 is 6.09 Å². The summed E-state index contributed by atoms with van der Waals surface area (Å²) in [4.78, 5) is 38.3. The van der Waals surface area contributed by atoms with Crippen LogP contribution in [0.15, 0.2) is 24.0 Å². The Morgan fingerprint density at radius 3 is 2.67 bits per heavy atom. The summed E-state index contributed by atoms with van der Waals surface area (Å²) >= 11 is 0. The van der Waals surface area contributed by atoms with Crippen LogP contribution in [0.25, 0.3) is 0 Å². The van der Waals surface area contributed by atoms with Crippen molar-refractivity contribution in [2.45, 2.75) is 58.6 Å². The normalized spacial score (nSPS) is 25.1. The second-order valence-corrected chi connectivity index (χ2v) is 7.34. The third-order valence-electron chi connectivity index (χ3n) is 4.92. The molecule has 0 bridgehead atoms. The number of carbonyl (C=O) groups is 3. The summed E-state index contributed by atoms with van der Waals surface area (Å²) in [5, 5.41) is 8.80. The first-order valence-electron chi connectivity index (χ1n) is 9.56. The maximum Gasteiger partial charge on any atom is 0.416 e. The van der Waals surface area contributed by atoms with Crippen molar-refractivity contribution in [3.8, 4) is 0 Å². The summed E-state index contributed by atoms with van der Waals surface area (Å²) in [7, 11) is 0. The second kappa shape index (κ2) is 9.69. The first kappa shape index (κ1) is 21.2. The van der Waals surface area contributed by atoms with Gasteiger partial charge in [0.1, 0.15) is 12.4 Å². The fourth-order valence-corrected chi connectivity index (χ4v) is 3.17. The van der Waals surface area contributed by atoms with Crippen LogP contribution in [0.3, 0.4) is 0 Å².